The molecule has 0 saturated carbocycles. The smallest absolute Gasteiger partial charge is 0.296 e. The summed E-state index contributed by atoms with van der Waals surface area (Å²) in [4.78, 5) is 13.8. The molecule has 0 saturated heterocycles. The first kappa shape index (κ1) is 20.8. The number of H-pyrrole nitrogens is 1. The number of fused-ring (bicyclic) bond motifs is 1. The van der Waals surface area contributed by atoms with E-state index in [4.69, 9.17) is 0 Å². The van der Waals surface area contributed by atoms with E-state index in [9.17, 15) is 13.2 Å². The van der Waals surface area contributed by atoms with Gasteiger partial charge in [0.2, 0.25) is 0 Å². The van der Waals surface area contributed by atoms with Crippen LogP contribution in [0, 0.1) is 0 Å². The number of rotatable bonds is 7. The van der Waals surface area contributed by atoms with Crippen molar-refractivity contribution in [2.75, 3.05) is 10.8 Å². The standard InChI is InChI=1S/C20H18BrN3O4S2/c1-2-3-12-24(19-17(21)15-6-4-5-7-16(15)29-19)30(26,27)14-10-8-13(9-11-14)18-22-20(25)28-23-18/h4-11H,2-3,12H2,1H3,(H,22,23,25). The van der Waals surface area contributed by atoms with Gasteiger partial charge in [-0.15, -0.1) is 11.3 Å². The molecule has 10 heteroatoms. The Kier molecular flexibility index (Phi) is 5.81. The van der Waals surface area contributed by atoms with Crippen LogP contribution in [0.15, 0.2) is 67.2 Å². The first-order valence-corrected chi connectivity index (χ1v) is 12.3. The van der Waals surface area contributed by atoms with Gasteiger partial charge in [-0.25, -0.2) is 13.2 Å². The lowest BCUT2D eigenvalue weighted by molar-refractivity contribution is 0.388. The lowest BCUT2D eigenvalue weighted by Crippen LogP contribution is -2.31. The summed E-state index contributed by atoms with van der Waals surface area (Å²) in [6.07, 6.45) is 1.60. The third-order valence-electron chi connectivity index (χ3n) is 4.62. The number of aromatic amines is 1. The zero-order chi connectivity index (χ0) is 21.3. The number of anilines is 1. The molecule has 156 valence electrons. The summed E-state index contributed by atoms with van der Waals surface area (Å²) in [5, 5.41) is 5.28. The second kappa shape index (κ2) is 8.37. The number of thiophene rings is 1. The highest BCUT2D eigenvalue weighted by Gasteiger charge is 2.28. The Bertz CT molecular complexity index is 1340. The van der Waals surface area contributed by atoms with Gasteiger partial charge in [-0.2, -0.15) is 0 Å². The number of sulfonamides is 1. The van der Waals surface area contributed by atoms with Crippen molar-refractivity contribution in [1.29, 1.82) is 0 Å². The molecular formula is C20H18BrN3O4S2. The van der Waals surface area contributed by atoms with Gasteiger partial charge in [0.25, 0.3) is 10.0 Å². The summed E-state index contributed by atoms with van der Waals surface area (Å²) in [5.74, 6) is -0.416. The second-order valence-corrected chi connectivity index (χ2v) is 10.3. The van der Waals surface area contributed by atoms with Crippen molar-refractivity contribution in [2.24, 2.45) is 0 Å². The van der Waals surface area contributed by atoms with Crippen LogP contribution in [0.3, 0.4) is 0 Å². The van der Waals surface area contributed by atoms with E-state index < -0.39 is 15.8 Å². The van der Waals surface area contributed by atoms with Crippen molar-refractivity contribution in [2.45, 2.75) is 24.7 Å². The second-order valence-electron chi connectivity index (χ2n) is 6.62. The number of hydrogen-bond donors (Lipinski definition) is 1. The average molecular weight is 508 g/mol. The molecule has 4 rings (SSSR count). The lowest BCUT2D eigenvalue weighted by Gasteiger charge is -2.23. The van der Waals surface area contributed by atoms with E-state index in [1.165, 1.54) is 27.8 Å². The van der Waals surface area contributed by atoms with Gasteiger partial charge < -0.3 is 0 Å². The maximum Gasteiger partial charge on any atom is 0.439 e. The number of benzene rings is 2. The highest BCUT2D eigenvalue weighted by atomic mass is 79.9. The van der Waals surface area contributed by atoms with E-state index in [2.05, 4.69) is 30.6 Å². The minimum Gasteiger partial charge on any atom is -0.296 e. The van der Waals surface area contributed by atoms with Crippen LogP contribution in [0.5, 0.6) is 0 Å². The van der Waals surface area contributed by atoms with Crippen LogP contribution < -0.4 is 10.1 Å². The molecule has 0 radical (unpaired) electrons. The minimum absolute atomic E-state index is 0.164. The average Bonchev–Trinajstić information content (AvgIpc) is 3.32. The summed E-state index contributed by atoms with van der Waals surface area (Å²) in [6.45, 7) is 2.40. The number of hydrogen-bond acceptors (Lipinski definition) is 6. The van der Waals surface area contributed by atoms with Crippen molar-refractivity contribution in [1.82, 2.24) is 10.1 Å². The third-order valence-corrected chi connectivity index (χ3v) is 8.80. The Balaban J connectivity index is 1.76. The molecule has 2 aromatic carbocycles. The molecule has 2 heterocycles. The van der Waals surface area contributed by atoms with E-state index in [1.807, 2.05) is 31.2 Å². The van der Waals surface area contributed by atoms with Crippen LogP contribution in [0.25, 0.3) is 21.5 Å². The fourth-order valence-electron chi connectivity index (χ4n) is 3.06. The quantitative estimate of drug-likeness (QED) is 0.379. The minimum atomic E-state index is -3.79. The lowest BCUT2D eigenvalue weighted by atomic mass is 10.2. The molecule has 0 amide bonds. The fourth-order valence-corrected chi connectivity index (χ4v) is 6.96. The number of nitrogens with zero attached hydrogens (tertiary/aromatic N) is 2. The number of unbranched alkanes of at least 4 members (excludes halogenated alkanes) is 1. The summed E-state index contributed by atoms with van der Waals surface area (Å²) in [6, 6.07) is 14.0. The van der Waals surface area contributed by atoms with E-state index in [0.29, 0.717) is 17.1 Å². The highest BCUT2D eigenvalue weighted by molar-refractivity contribution is 9.10. The summed E-state index contributed by atoms with van der Waals surface area (Å²) < 4.78 is 34.8. The fraction of sp³-hybridized carbons (Fsp3) is 0.200. The van der Waals surface area contributed by atoms with Gasteiger partial charge >= 0.3 is 5.76 Å². The topological polar surface area (TPSA) is 96.3 Å². The van der Waals surface area contributed by atoms with E-state index in [0.717, 1.165) is 27.4 Å². The molecule has 0 fully saturated rings. The van der Waals surface area contributed by atoms with Crippen LogP contribution in [-0.2, 0) is 10.0 Å². The summed E-state index contributed by atoms with van der Waals surface area (Å²) in [7, 11) is -3.79. The zero-order valence-corrected chi connectivity index (χ0v) is 19.2. The molecule has 0 bridgehead atoms. The first-order chi connectivity index (χ1) is 14.4. The van der Waals surface area contributed by atoms with Crippen LogP contribution in [0.4, 0.5) is 5.00 Å². The Morgan fingerprint density at radius 3 is 2.53 bits per heavy atom. The maximum atomic E-state index is 13.5. The van der Waals surface area contributed by atoms with Crippen molar-refractivity contribution >= 4 is 52.4 Å². The Hall–Kier alpha value is -2.43. The van der Waals surface area contributed by atoms with Gasteiger partial charge in [-0.1, -0.05) is 36.7 Å². The molecule has 0 aliphatic carbocycles. The van der Waals surface area contributed by atoms with Gasteiger partial charge in [0.1, 0.15) is 5.00 Å². The molecule has 0 spiro atoms. The van der Waals surface area contributed by atoms with Crippen LogP contribution >= 0.6 is 27.3 Å². The predicted molar refractivity (Wildman–Crippen MR) is 122 cm³/mol. The molecule has 4 aromatic rings. The van der Waals surface area contributed by atoms with Crippen LogP contribution in [0.2, 0.25) is 0 Å². The largest absolute Gasteiger partial charge is 0.439 e. The molecule has 30 heavy (non-hydrogen) atoms. The summed E-state index contributed by atoms with van der Waals surface area (Å²) >= 11 is 5.05. The zero-order valence-electron chi connectivity index (χ0n) is 16.0. The van der Waals surface area contributed by atoms with Crippen molar-refractivity contribution in [3.8, 4) is 11.4 Å². The number of nitrogens with one attached hydrogen (secondary N) is 1. The Labute approximate surface area is 185 Å². The van der Waals surface area contributed by atoms with E-state index in [1.54, 1.807) is 12.1 Å². The van der Waals surface area contributed by atoms with Gasteiger partial charge in [0.15, 0.2) is 5.82 Å². The van der Waals surface area contributed by atoms with Crippen molar-refractivity contribution < 1.29 is 12.9 Å². The molecular weight excluding hydrogens is 490 g/mol. The maximum absolute atomic E-state index is 13.5. The van der Waals surface area contributed by atoms with Crippen molar-refractivity contribution in [3.05, 3.63) is 63.6 Å². The first-order valence-electron chi connectivity index (χ1n) is 9.28. The molecule has 0 unspecified atom stereocenters. The van der Waals surface area contributed by atoms with Crippen LogP contribution in [0.1, 0.15) is 19.8 Å². The van der Waals surface area contributed by atoms with Gasteiger partial charge in [0.05, 0.1) is 9.37 Å². The normalized spacial score (nSPS) is 11.8. The van der Waals surface area contributed by atoms with Crippen molar-refractivity contribution in [3.63, 3.8) is 0 Å². The molecule has 1 N–H and O–H groups in total. The van der Waals surface area contributed by atoms with Gasteiger partial charge in [0, 0.05) is 22.2 Å². The molecule has 0 aliphatic heterocycles. The van der Waals surface area contributed by atoms with Gasteiger partial charge in [-0.3, -0.25) is 13.8 Å². The number of halogens is 1. The van der Waals surface area contributed by atoms with E-state index >= 15 is 0 Å². The molecule has 2 aromatic heterocycles. The SMILES string of the molecule is CCCCN(c1sc2ccccc2c1Br)S(=O)(=O)c1ccc(-c2noc(=O)[nH]2)cc1. The third kappa shape index (κ3) is 3.82. The molecule has 0 aliphatic rings. The van der Waals surface area contributed by atoms with Crippen LogP contribution in [-0.4, -0.2) is 25.1 Å². The molecule has 0 atom stereocenters. The monoisotopic (exact) mass is 507 g/mol. The number of aromatic nitrogens is 2. The summed E-state index contributed by atoms with van der Waals surface area (Å²) in [5.41, 5.74) is 0.558. The molecule has 7 nitrogen and oxygen atoms in total. The van der Waals surface area contributed by atoms with E-state index in [-0.39, 0.29) is 10.7 Å². The predicted octanol–water partition coefficient (Wildman–Crippen LogP) is 5.00. The Morgan fingerprint density at radius 2 is 1.90 bits per heavy atom. The highest BCUT2D eigenvalue weighted by Crippen LogP contribution is 2.44. The van der Waals surface area contributed by atoms with Gasteiger partial charge in [-0.05, 0) is 52.7 Å². The Morgan fingerprint density at radius 1 is 1.17 bits per heavy atom.